The molecule has 1 atom stereocenters. The molecule has 3 aromatic rings. The Morgan fingerprint density at radius 2 is 1.74 bits per heavy atom. The van der Waals surface area contributed by atoms with Gasteiger partial charge < -0.3 is 14.2 Å². The first kappa shape index (κ1) is 30.3. The maximum absolute atomic E-state index is 12.2. The van der Waals surface area contributed by atoms with E-state index in [2.05, 4.69) is 41.3 Å². The number of hydrogen-bond acceptors (Lipinski definition) is 7. The molecule has 0 saturated heterocycles. The minimum atomic E-state index is -0.293. The topological polar surface area (TPSA) is 65.1 Å². The minimum Gasteiger partial charge on any atom is -0.488 e. The second-order valence-electron chi connectivity index (χ2n) is 11.4. The highest BCUT2D eigenvalue weighted by Crippen LogP contribution is 2.36. The fraction of sp³-hybridized carbons (Fsp3) is 0.486. The lowest BCUT2D eigenvalue weighted by molar-refractivity contribution is -0.140. The average Bonchev–Trinajstić information content (AvgIpc) is 3.46. The number of fused-ring (bicyclic) bond motifs is 2. The fourth-order valence-corrected chi connectivity index (χ4v) is 7.58. The minimum absolute atomic E-state index is 0.155. The molecule has 0 radical (unpaired) electrons. The molecular formula is C35H43NO5S. The van der Waals surface area contributed by atoms with E-state index in [1.807, 2.05) is 23.5 Å². The molecule has 0 bridgehead atoms. The zero-order valence-corrected chi connectivity index (χ0v) is 25.8. The van der Waals surface area contributed by atoms with Crippen molar-refractivity contribution >= 4 is 23.3 Å². The highest BCUT2D eigenvalue weighted by Gasteiger charge is 2.27. The molecular weight excluding hydrogens is 546 g/mol. The summed E-state index contributed by atoms with van der Waals surface area (Å²) in [6.07, 6.45) is 11.2. The van der Waals surface area contributed by atoms with Crippen LogP contribution in [0, 0.1) is 0 Å². The van der Waals surface area contributed by atoms with Crippen LogP contribution in [0.25, 0.3) is 0 Å². The van der Waals surface area contributed by atoms with E-state index >= 15 is 0 Å². The van der Waals surface area contributed by atoms with Crippen LogP contribution < -0.4 is 4.74 Å². The molecule has 2 aromatic carbocycles. The Morgan fingerprint density at radius 1 is 0.905 bits per heavy atom. The van der Waals surface area contributed by atoms with Gasteiger partial charge in [-0.3, -0.25) is 9.69 Å². The summed E-state index contributed by atoms with van der Waals surface area (Å²) in [4.78, 5) is 29.3. The number of para-hydroxylation sites is 1. The van der Waals surface area contributed by atoms with E-state index in [4.69, 9.17) is 14.2 Å². The van der Waals surface area contributed by atoms with Gasteiger partial charge in [-0.05, 0) is 117 Å². The van der Waals surface area contributed by atoms with Crippen LogP contribution in [0.5, 0.6) is 5.75 Å². The Labute approximate surface area is 254 Å². The molecule has 1 aromatic heterocycles. The number of esters is 2. The predicted octanol–water partition coefficient (Wildman–Crippen LogP) is 7.26. The van der Waals surface area contributed by atoms with Gasteiger partial charge in [0.05, 0.1) is 19.8 Å². The maximum atomic E-state index is 12.2. The summed E-state index contributed by atoms with van der Waals surface area (Å²) in [7, 11) is 2.87. The van der Waals surface area contributed by atoms with Crippen LogP contribution in [0.4, 0.5) is 0 Å². The summed E-state index contributed by atoms with van der Waals surface area (Å²) in [5.74, 6) is 0.512. The zero-order valence-electron chi connectivity index (χ0n) is 25.0. The zero-order chi connectivity index (χ0) is 29.3. The number of benzene rings is 2. The van der Waals surface area contributed by atoms with Crippen LogP contribution in [0.3, 0.4) is 0 Å². The van der Waals surface area contributed by atoms with Gasteiger partial charge in [-0.25, -0.2) is 4.79 Å². The van der Waals surface area contributed by atoms with Crippen LogP contribution in [0.15, 0.2) is 48.5 Å². The van der Waals surface area contributed by atoms with Crippen LogP contribution in [0.1, 0.15) is 93.4 Å². The largest absolute Gasteiger partial charge is 0.488 e. The Balaban J connectivity index is 1.29. The number of thiophene rings is 1. The first-order valence-corrected chi connectivity index (χ1v) is 16.2. The number of methoxy groups -OCH3 is 2. The maximum Gasteiger partial charge on any atom is 0.337 e. The fourth-order valence-electron chi connectivity index (χ4n) is 6.41. The molecule has 0 N–H and O–H groups in total. The predicted molar refractivity (Wildman–Crippen MR) is 166 cm³/mol. The lowest BCUT2D eigenvalue weighted by atomic mass is 9.85. The summed E-state index contributed by atoms with van der Waals surface area (Å²) in [5.41, 5.74) is 5.88. The smallest absolute Gasteiger partial charge is 0.337 e. The molecule has 6 nitrogen and oxygen atoms in total. The Hall–Kier alpha value is -3.16. The van der Waals surface area contributed by atoms with E-state index in [-0.39, 0.29) is 18.0 Å². The van der Waals surface area contributed by atoms with Crippen molar-refractivity contribution < 1.29 is 23.8 Å². The lowest BCUT2D eigenvalue weighted by Gasteiger charge is -2.36. The second kappa shape index (κ2) is 14.8. The number of rotatable bonds is 13. The molecule has 5 rings (SSSR count). The molecule has 224 valence electrons. The van der Waals surface area contributed by atoms with Gasteiger partial charge in [0.15, 0.2) is 0 Å². The van der Waals surface area contributed by atoms with Crippen molar-refractivity contribution in [1.82, 2.24) is 4.90 Å². The van der Waals surface area contributed by atoms with Gasteiger partial charge in [-0.1, -0.05) is 24.3 Å². The quantitative estimate of drug-likeness (QED) is 0.154. The van der Waals surface area contributed by atoms with Gasteiger partial charge in [0.2, 0.25) is 0 Å². The molecule has 1 heterocycles. The van der Waals surface area contributed by atoms with E-state index < -0.39 is 0 Å². The van der Waals surface area contributed by atoms with Crippen LogP contribution in [-0.2, 0) is 46.6 Å². The second-order valence-corrected chi connectivity index (χ2v) is 12.6. The molecule has 2 aliphatic rings. The van der Waals surface area contributed by atoms with Crippen molar-refractivity contribution in [2.75, 3.05) is 27.3 Å². The summed E-state index contributed by atoms with van der Waals surface area (Å²) >= 11 is 1.91. The number of nitrogens with zero attached hydrogens (tertiary/aromatic N) is 1. The molecule has 7 heteroatoms. The third kappa shape index (κ3) is 7.61. The van der Waals surface area contributed by atoms with Gasteiger partial charge in [0, 0.05) is 28.8 Å². The van der Waals surface area contributed by atoms with Crippen LogP contribution >= 0.6 is 11.3 Å². The van der Waals surface area contributed by atoms with Crippen LogP contribution in [-0.4, -0.2) is 44.1 Å². The molecule has 0 saturated carbocycles. The van der Waals surface area contributed by atoms with Gasteiger partial charge >= 0.3 is 11.9 Å². The van der Waals surface area contributed by atoms with Crippen molar-refractivity contribution in [3.05, 3.63) is 86.1 Å². The van der Waals surface area contributed by atoms with Crippen LogP contribution in [0.2, 0.25) is 0 Å². The summed E-state index contributed by atoms with van der Waals surface area (Å²) < 4.78 is 16.2. The molecule has 2 aliphatic carbocycles. The van der Waals surface area contributed by atoms with E-state index in [1.165, 1.54) is 67.0 Å². The van der Waals surface area contributed by atoms with Gasteiger partial charge in [-0.15, -0.1) is 11.3 Å². The molecule has 0 amide bonds. The molecule has 0 spiro atoms. The highest BCUT2D eigenvalue weighted by atomic mass is 32.1. The summed E-state index contributed by atoms with van der Waals surface area (Å²) in [6.45, 7) is 2.39. The van der Waals surface area contributed by atoms with Crippen molar-refractivity contribution in [2.45, 2.75) is 83.3 Å². The molecule has 0 aliphatic heterocycles. The monoisotopic (exact) mass is 589 g/mol. The third-order valence-corrected chi connectivity index (χ3v) is 9.86. The number of unbranched alkanes of at least 4 members (excludes halogenated alkanes) is 1. The van der Waals surface area contributed by atoms with Gasteiger partial charge in [0.25, 0.3) is 0 Å². The first-order chi connectivity index (χ1) is 20.6. The standard InChI is InChI=1S/C35H43NO5S/c1-39-34(37)16-7-8-20-36(31-13-9-12-26-22-28(35(38)40-2)17-18-30(26)31)21-19-25-10-3-5-14-32(25)41-24-29-23-27-11-4-6-15-33(27)42-29/h3,5,10,14,17-18,22-23,31H,4,6-9,11-13,15-16,19-21,24H2,1-2H3. The third-order valence-electron chi connectivity index (χ3n) is 8.65. The van der Waals surface area contributed by atoms with Crippen molar-refractivity contribution in [1.29, 1.82) is 0 Å². The van der Waals surface area contributed by atoms with Gasteiger partial charge in [0.1, 0.15) is 12.4 Å². The molecule has 1 unspecified atom stereocenters. The SMILES string of the molecule is COC(=O)CCCCN(CCc1ccccc1OCc1cc2c(s1)CCCC2)C1CCCc2cc(C(=O)OC)ccc21. The number of carbonyl (C=O) groups is 2. The number of ether oxygens (including phenoxy) is 3. The van der Waals surface area contributed by atoms with E-state index in [1.54, 1.807) is 4.88 Å². The number of aryl methyl sites for hydroxylation is 3. The van der Waals surface area contributed by atoms with Crippen molar-refractivity contribution in [2.24, 2.45) is 0 Å². The molecule has 0 fully saturated rings. The van der Waals surface area contributed by atoms with E-state index in [9.17, 15) is 9.59 Å². The Kier molecular flexibility index (Phi) is 10.7. The van der Waals surface area contributed by atoms with Gasteiger partial charge in [-0.2, -0.15) is 0 Å². The lowest BCUT2D eigenvalue weighted by Crippen LogP contribution is -2.34. The molecule has 42 heavy (non-hydrogen) atoms. The normalized spacial score (nSPS) is 16.0. The Morgan fingerprint density at radius 3 is 2.57 bits per heavy atom. The van der Waals surface area contributed by atoms with E-state index in [0.717, 1.165) is 57.4 Å². The number of hydrogen-bond donors (Lipinski definition) is 0. The van der Waals surface area contributed by atoms with Crippen molar-refractivity contribution in [3.63, 3.8) is 0 Å². The summed E-state index contributed by atoms with van der Waals surface area (Å²) in [6, 6.07) is 17.1. The Bertz CT molecular complexity index is 1340. The number of carbonyl (C=O) groups excluding carboxylic acids is 2. The van der Waals surface area contributed by atoms with E-state index in [0.29, 0.717) is 18.6 Å². The summed E-state index contributed by atoms with van der Waals surface area (Å²) in [5, 5.41) is 0. The first-order valence-electron chi connectivity index (χ1n) is 15.4. The average molecular weight is 590 g/mol. The highest BCUT2D eigenvalue weighted by molar-refractivity contribution is 7.12. The van der Waals surface area contributed by atoms with Crippen molar-refractivity contribution in [3.8, 4) is 5.75 Å².